The van der Waals surface area contributed by atoms with E-state index in [1.807, 2.05) is 47.4 Å². The van der Waals surface area contributed by atoms with Crippen molar-refractivity contribution in [1.82, 2.24) is 4.90 Å². The molecule has 2 N–H and O–H groups in total. The Hall–Kier alpha value is -2.29. The number of carbonyl (C=O) groups is 1. The molecular weight excluding hydrogens is 272 g/mol. The standard InChI is InChI=1S/C19H22N2O/c1-2-10-21(19(22)14-6-4-3-5-7-14)18-12-15-8-9-17(20)11-16(15)13-18/h3-9,11,18H,2,10,12-13,20H2,1H3. The zero-order valence-corrected chi connectivity index (χ0v) is 13.0. The molecule has 0 bridgehead atoms. The van der Waals surface area contributed by atoms with Crippen LogP contribution in [0.4, 0.5) is 5.69 Å². The fraction of sp³-hybridized carbons (Fsp3) is 0.316. The van der Waals surface area contributed by atoms with Crippen LogP contribution >= 0.6 is 0 Å². The molecule has 0 fully saturated rings. The number of nitrogens with zero attached hydrogens (tertiary/aromatic N) is 1. The number of amides is 1. The molecule has 0 aromatic heterocycles. The number of nitrogen functional groups attached to an aromatic ring is 1. The Morgan fingerprint density at radius 1 is 1.14 bits per heavy atom. The summed E-state index contributed by atoms with van der Waals surface area (Å²) in [7, 11) is 0. The molecule has 22 heavy (non-hydrogen) atoms. The van der Waals surface area contributed by atoms with E-state index in [1.54, 1.807) is 0 Å². The van der Waals surface area contributed by atoms with E-state index in [0.717, 1.165) is 37.1 Å². The van der Waals surface area contributed by atoms with E-state index in [4.69, 9.17) is 5.73 Å². The lowest BCUT2D eigenvalue weighted by Gasteiger charge is -2.29. The maximum Gasteiger partial charge on any atom is 0.254 e. The number of nitrogens with two attached hydrogens (primary N) is 1. The van der Waals surface area contributed by atoms with E-state index in [1.165, 1.54) is 11.1 Å². The number of fused-ring (bicyclic) bond motifs is 1. The SMILES string of the molecule is CCCN(C(=O)c1ccccc1)C1Cc2ccc(N)cc2C1. The Morgan fingerprint density at radius 2 is 1.86 bits per heavy atom. The third-order valence-corrected chi connectivity index (χ3v) is 4.33. The van der Waals surface area contributed by atoms with E-state index < -0.39 is 0 Å². The number of rotatable bonds is 4. The highest BCUT2D eigenvalue weighted by Crippen LogP contribution is 2.28. The monoisotopic (exact) mass is 294 g/mol. The molecule has 1 unspecified atom stereocenters. The van der Waals surface area contributed by atoms with Gasteiger partial charge in [0, 0.05) is 23.8 Å². The fourth-order valence-electron chi connectivity index (χ4n) is 3.27. The van der Waals surface area contributed by atoms with Gasteiger partial charge < -0.3 is 10.6 Å². The molecule has 0 saturated carbocycles. The van der Waals surface area contributed by atoms with Gasteiger partial charge in [0.2, 0.25) is 0 Å². The third kappa shape index (κ3) is 2.84. The molecule has 3 rings (SSSR count). The molecule has 1 amide bonds. The molecule has 3 nitrogen and oxygen atoms in total. The molecule has 0 spiro atoms. The van der Waals surface area contributed by atoms with Crippen molar-refractivity contribution in [3.05, 3.63) is 65.2 Å². The molecule has 1 atom stereocenters. The van der Waals surface area contributed by atoms with E-state index in [2.05, 4.69) is 13.0 Å². The number of hydrogen-bond acceptors (Lipinski definition) is 2. The number of hydrogen-bond donors (Lipinski definition) is 1. The van der Waals surface area contributed by atoms with Crippen LogP contribution in [0.25, 0.3) is 0 Å². The van der Waals surface area contributed by atoms with Gasteiger partial charge in [-0.25, -0.2) is 0 Å². The predicted molar refractivity (Wildman–Crippen MR) is 89.8 cm³/mol. The van der Waals surface area contributed by atoms with Gasteiger partial charge in [0.05, 0.1) is 0 Å². The predicted octanol–water partition coefficient (Wildman–Crippen LogP) is 3.29. The summed E-state index contributed by atoms with van der Waals surface area (Å²) in [4.78, 5) is 14.9. The first-order valence-electron chi connectivity index (χ1n) is 7.92. The van der Waals surface area contributed by atoms with Crippen LogP contribution in [-0.4, -0.2) is 23.4 Å². The minimum Gasteiger partial charge on any atom is -0.399 e. The van der Waals surface area contributed by atoms with Crippen molar-refractivity contribution in [3.63, 3.8) is 0 Å². The lowest BCUT2D eigenvalue weighted by atomic mass is 10.1. The van der Waals surface area contributed by atoms with Gasteiger partial charge in [-0.3, -0.25) is 4.79 Å². The van der Waals surface area contributed by atoms with Crippen molar-refractivity contribution in [2.75, 3.05) is 12.3 Å². The number of benzene rings is 2. The van der Waals surface area contributed by atoms with Crippen LogP contribution in [0.3, 0.4) is 0 Å². The van der Waals surface area contributed by atoms with Gasteiger partial charge in [-0.15, -0.1) is 0 Å². The largest absolute Gasteiger partial charge is 0.399 e. The highest BCUT2D eigenvalue weighted by molar-refractivity contribution is 5.94. The van der Waals surface area contributed by atoms with Crippen LogP contribution in [0.2, 0.25) is 0 Å². The van der Waals surface area contributed by atoms with Crippen molar-refractivity contribution >= 4 is 11.6 Å². The minimum absolute atomic E-state index is 0.133. The second-order valence-corrected chi connectivity index (χ2v) is 5.95. The second kappa shape index (κ2) is 6.22. The Labute approximate surface area is 131 Å². The molecule has 0 heterocycles. The van der Waals surface area contributed by atoms with Crippen molar-refractivity contribution < 1.29 is 4.79 Å². The van der Waals surface area contributed by atoms with Crippen LogP contribution < -0.4 is 5.73 Å². The van der Waals surface area contributed by atoms with Gasteiger partial charge in [-0.2, -0.15) is 0 Å². The molecule has 2 aromatic carbocycles. The number of anilines is 1. The molecule has 114 valence electrons. The highest BCUT2D eigenvalue weighted by atomic mass is 16.2. The summed E-state index contributed by atoms with van der Waals surface area (Å²) in [5, 5.41) is 0. The smallest absolute Gasteiger partial charge is 0.254 e. The molecule has 0 aliphatic heterocycles. The summed E-state index contributed by atoms with van der Waals surface area (Å²) in [6.45, 7) is 2.91. The van der Waals surface area contributed by atoms with E-state index >= 15 is 0 Å². The van der Waals surface area contributed by atoms with E-state index in [9.17, 15) is 4.79 Å². The molecule has 1 aliphatic rings. The zero-order valence-electron chi connectivity index (χ0n) is 13.0. The summed E-state index contributed by atoms with van der Waals surface area (Å²) in [5.41, 5.74) is 10.1. The summed E-state index contributed by atoms with van der Waals surface area (Å²) in [5.74, 6) is 0.133. The summed E-state index contributed by atoms with van der Waals surface area (Å²) >= 11 is 0. The summed E-state index contributed by atoms with van der Waals surface area (Å²) in [6, 6.07) is 15.9. The van der Waals surface area contributed by atoms with Gasteiger partial charge in [0.25, 0.3) is 5.91 Å². The van der Waals surface area contributed by atoms with Gasteiger partial charge in [0.1, 0.15) is 0 Å². The van der Waals surface area contributed by atoms with Gasteiger partial charge >= 0.3 is 0 Å². The molecule has 0 radical (unpaired) electrons. The first-order valence-corrected chi connectivity index (χ1v) is 7.92. The molecule has 2 aromatic rings. The van der Waals surface area contributed by atoms with Gasteiger partial charge in [-0.05, 0) is 54.7 Å². The fourth-order valence-corrected chi connectivity index (χ4v) is 3.27. The minimum atomic E-state index is 0.133. The Kier molecular flexibility index (Phi) is 4.14. The van der Waals surface area contributed by atoms with Crippen LogP contribution in [0.1, 0.15) is 34.8 Å². The normalized spacial score (nSPS) is 16.3. The first-order chi connectivity index (χ1) is 10.7. The van der Waals surface area contributed by atoms with E-state index in [-0.39, 0.29) is 11.9 Å². The summed E-state index contributed by atoms with van der Waals surface area (Å²) < 4.78 is 0. The average molecular weight is 294 g/mol. The first kappa shape index (κ1) is 14.6. The van der Waals surface area contributed by atoms with E-state index in [0.29, 0.717) is 0 Å². The maximum atomic E-state index is 12.8. The molecule has 3 heteroatoms. The van der Waals surface area contributed by atoms with Crippen molar-refractivity contribution in [2.24, 2.45) is 0 Å². The number of carbonyl (C=O) groups excluding carboxylic acids is 1. The average Bonchev–Trinajstić information content (AvgIpc) is 2.95. The van der Waals surface area contributed by atoms with Crippen molar-refractivity contribution in [1.29, 1.82) is 0 Å². The molecular formula is C19H22N2O. The Balaban J connectivity index is 1.83. The second-order valence-electron chi connectivity index (χ2n) is 5.95. The Morgan fingerprint density at radius 3 is 2.59 bits per heavy atom. The lowest BCUT2D eigenvalue weighted by Crippen LogP contribution is -2.41. The molecule has 1 aliphatic carbocycles. The maximum absolute atomic E-state index is 12.8. The Bertz CT molecular complexity index is 666. The summed E-state index contributed by atoms with van der Waals surface area (Å²) in [6.07, 6.45) is 2.79. The van der Waals surface area contributed by atoms with Crippen molar-refractivity contribution in [3.8, 4) is 0 Å². The van der Waals surface area contributed by atoms with Crippen LogP contribution in [-0.2, 0) is 12.8 Å². The van der Waals surface area contributed by atoms with Crippen LogP contribution in [0.15, 0.2) is 48.5 Å². The van der Waals surface area contributed by atoms with Gasteiger partial charge in [-0.1, -0.05) is 31.2 Å². The van der Waals surface area contributed by atoms with Crippen LogP contribution in [0, 0.1) is 0 Å². The quantitative estimate of drug-likeness (QED) is 0.880. The van der Waals surface area contributed by atoms with Crippen molar-refractivity contribution in [2.45, 2.75) is 32.2 Å². The highest BCUT2D eigenvalue weighted by Gasteiger charge is 2.30. The lowest BCUT2D eigenvalue weighted by molar-refractivity contribution is 0.0685. The van der Waals surface area contributed by atoms with Gasteiger partial charge in [0.15, 0.2) is 0 Å². The molecule has 0 saturated heterocycles. The zero-order chi connectivity index (χ0) is 15.5. The van der Waals surface area contributed by atoms with Crippen LogP contribution in [0.5, 0.6) is 0 Å². The third-order valence-electron chi connectivity index (χ3n) is 4.33. The topological polar surface area (TPSA) is 46.3 Å².